The lowest BCUT2D eigenvalue weighted by Gasteiger charge is -2.15. The molecule has 8 aromatic carbocycles. The number of fused-ring (bicyclic) bond motifs is 9. The zero-order chi connectivity index (χ0) is 36.3. The molecular weight excluding hydrogens is 671 g/mol. The highest BCUT2D eigenvalue weighted by atomic mass is 15.0. The Hall–Kier alpha value is -7.50. The van der Waals surface area contributed by atoms with Gasteiger partial charge in [0.05, 0.1) is 33.5 Å². The molecule has 0 radical (unpaired) electrons. The van der Waals surface area contributed by atoms with Gasteiger partial charge in [-0.15, -0.1) is 0 Å². The quantitative estimate of drug-likeness (QED) is 0.168. The van der Waals surface area contributed by atoms with Gasteiger partial charge in [-0.1, -0.05) is 140 Å². The number of para-hydroxylation sites is 1. The van der Waals surface area contributed by atoms with Crippen LogP contribution in [0.2, 0.25) is 0 Å². The molecular formula is C50H31N5. The van der Waals surface area contributed by atoms with Crippen LogP contribution in [0, 0.1) is 0 Å². The van der Waals surface area contributed by atoms with E-state index in [-0.39, 0.29) is 0 Å². The maximum absolute atomic E-state index is 5.19. The van der Waals surface area contributed by atoms with Crippen LogP contribution in [0.4, 0.5) is 0 Å². The first-order valence-electron chi connectivity index (χ1n) is 18.5. The molecule has 55 heavy (non-hydrogen) atoms. The summed E-state index contributed by atoms with van der Waals surface area (Å²) >= 11 is 0. The van der Waals surface area contributed by atoms with E-state index >= 15 is 0 Å². The van der Waals surface area contributed by atoms with Crippen LogP contribution in [0.15, 0.2) is 188 Å². The van der Waals surface area contributed by atoms with E-state index < -0.39 is 0 Å². The SMILES string of the molecule is c1ccc(-c2cc(-c3ccccc3)nc(-c3ccccc3-c3cccc(-n4c5ccccc5c5cc6c7ccccc7c7nccnc7c6cc54)c3)n2)cc1. The maximum Gasteiger partial charge on any atom is 0.161 e. The van der Waals surface area contributed by atoms with Crippen LogP contribution in [-0.2, 0) is 0 Å². The van der Waals surface area contributed by atoms with Crippen LogP contribution in [0.3, 0.4) is 0 Å². The number of nitrogens with zero attached hydrogens (tertiary/aromatic N) is 5. The molecule has 256 valence electrons. The predicted octanol–water partition coefficient (Wildman–Crippen LogP) is 12.5. The summed E-state index contributed by atoms with van der Waals surface area (Å²) in [6, 6.07) is 61.9. The minimum absolute atomic E-state index is 0.685. The van der Waals surface area contributed by atoms with Gasteiger partial charge >= 0.3 is 0 Å². The van der Waals surface area contributed by atoms with Crippen molar-refractivity contribution in [2.75, 3.05) is 0 Å². The summed E-state index contributed by atoms with van der Waals surface area (Å²) in [4.78, 5) is 20.1. The standard InChI is InChI=1S/C50H31N5/c1-3-14-32(15-4-1)44-31-45(33-16-5-2-6-17-33)54-50(53-44)40-24-10-7-20-36(40)34-18-13-19-35(28-34)55-46-25-12-11-22-38(46)42-29-41-37-21-8-9-23-39(37)48-49(52-27-26-51-48)43(41)30-47(42)55/h1-31H. The Bertz CT molecular complexity index is 3200. The molecule has 0 spiro atoms. The van der Waals surface area contributed by atoms with E-state index in [0.29, 0.717) is 5.82 Å². The maximum atomic E-state index is 5.19. The van der Waals surface area contributed by atoms with E-state index in [4.69, 9.17) is 19.9 Å². The van der Waals surface area contributed by atoms with E-state index in [9.17, 15) is 0 Å². The fourth-order valence-electron chi connectivity index (χ4n) is 8.19. The zero-order valence-corrected chi connectivity index (χ0v) is 29.6. The lowest BCUT2D eigenvalue weighted by atomic mass is 9.97. The average molecular weight is 702 g/mol. The number of benzene rings is 8. The smallest absolute Gasteiger partial charge is 0.161 e. The van der Waals surface area contributed by atoms with Crippen molar-refractivity contribution in [1.82, 2.24) is 24.5 Å². The van der Waals surface area contributed by atoms with E-state index in [2.05, 4.69) is 144 Å². The molecule has 0 amide bonds. The first-order chi connectivity index (χ1) is 27.3. The molecule has 5 heteroatoms. The normalized spacial score (nSPS) is 11.6. The number of hydrogen-bond acceptors (Lipinski definition) is 4. The average Bonchev–Trinajstić information content (AvgIpc) is 3.60. The van der Waals surface area contributed by atoms with Gasteiger partial charge in [-0.25, -0.2) is 9.97 Å². The van der Waals surface area contributed by atoms with Gasteiger partial charge < -0.3 is 4.57 Å². The first-order valence-corrected chi connectivity index (χ1v) is 18.5. The zero-order valence-electron chi connectivity index (χ0n) is 29.6. The van der Waals surface area contributed by atoms with Crippen LogP contribution in [0.1, 0.15) is 0 Å². The second-order valence-corrected chi connectivity index (χ2v) is 13.9. The van der Waals surface area contributed by atoms with E-state index in [1.54, 1.807) is 12.4 Å². The summed E-state index contributed by atoms with van der Waals surface area (Å²) < 4.78 is 2.38. The molecule has 0 atom stereocenters. The minimum atomic E-state index is 0.685. The molecule has 0 saturated carbocycles. The third-order valence-corrected chi connectivity index (χ3v) is 10.7. The molecule has 0 aliphatic rings. The predicted molar refractivity (Wildman–Crippen MR) is 226 cm³/mol. The molecule has 0 unspecified atom stereocenters. The van der Waals surface area contributed by atoms with Crippen molar-refractivity contribution in [2.24, 2.45) is 0 Å². The Morgan fingerprint density at radius 1 is 0.345 bits per heavy atom. The van der Waals surface area contributed by atoms with Crippen molar-refractivity contribution < 1.29 is 0 Å². The van der Waals surface area contributed by atoms with Crippen molar-refractivity contribution in [3.8, 4) is 50.7 Å². The number of rotatable bonds is 5. The summed E-state index contributed by atoms with van der Waals surface area (Å²) in [7, 11) is 0. The largest absolute Gasteiger partial charge is 0.309 e. The summed E-state index contributed by atoms with van der Waals surface area (Å²) in [5, 5.41) is 6.95. The Balaban J connectivity index is 1.13. The van der Waals surface area contributed by atoms with Gasteiger partial charge in [0.1, 0.15) is 0 Å². The van der Waals surface area contributed by atoms with Crippen molar-refractivity contribution >= 4 is 54.4 Å². The summed E-state index contributed by atoms with van der Waals surface area (Å²) in [6.07, 6.45) is 3.57. The Labute approximate surface area is 316 Å². The van der Waals surface area contributed by atoms with Gasteiger partial charge in [0.15, 0.2) is 5.82 Å². The van der Waals surface area contributed by atoms with Crippen LogP contribution < -0.4 is 0 Å². The number of hydrogen-bond donors (Lipinski definition) is 0. The van der Waals surface area contributed by atoms with E-state index in [1.807, 2.05) is 36.4 Å². The van der Waals surface area contributed by atoms with Gasteiger partial charge in [-0.3, -0.25) is 9.97 Å². The topological polar surface area (TPSA) is 56.5 Å². The summed E-state index contributed by atoms with van der Waals surface area (Å²) in [5.74, 6) is 0.685. The Morgan fingerprint density at radius 3 is 1.65 bits per heavy atom. The molecule has 0 fully saturated rings. The summed E-state index contributed by atoms with van der Waals surface area (Å²) in [5.41, 5.74) is 12.1. The molecule has 11 aromatic rings. The van der Waals surface area contributed by atoms with Crippen LogP contribution in [0.25, 0.3) is 105 Å². The molecule has 5 nitrogen and oxygen atoms in total. The fourth-order valence-corrected chi connectivity index (χ4v) is 8.19. The van der Waals surface area contributed by atoms with Crippen molar-refractivity contribution in [3.05, 3.63) is 188 Å². The van der Waals surface area contributed by atoms with Gasteiger partial charge in [-0.05, 0) is 58.3 Å². The van der Waals surface area contributed by atoms with E-state index in [0.717, 1.165) is 77.7 Å². The van der Waals surface area contributed by atoms with Crippen LogP contribution in [0.5, 0.6) is 0 Å². The highest BCUT2D eigenvalue weighted by Gasteiger charge is 2.19. The second kappa shape index (κ2) is 12.6. The van der Waals surface area contributed by atoms with Crippen molar-refractivity contribution in [2.45, 2.75) is 0 Å². The molecule has 0 N–H and O–H groups in total. The van der Waals surface area contributed by atoms with E-state index in [1.165, 1.54) is 21.5 Å². The van der Waals surface area contributed by atoms with Crippen LogP contribution >= 0.6 is 0 Å². The molecule has 0 aliphatic heterocycles. The van der Waals surface area contributed by atoms with Gasteiger partial charge in [0.25, 0.3) is 0 Å². The molecule has 0 saturated heterocycles. The first kappa shape index (κ1) is 31.1. The third kappa shape index (κ3) is 5.09. The highest BCUT2D eigenvalue weighted by molar-refractivity contribution is 6.27. The van der Waals surface area contributed by atoms with Crippen molar-refractivity contribution in [3.63, 3.8) is 0 Å². The van der Waals surface area contributed by atoms with Gasteiger partial charge in [-0.2, -0.15) is 0 Å². The molecule has 3 heterocycles. The van der Waals surface area contributed by atoms with Gasteiger partial charge in [0, 0.05) is 56.3 Å². The molecule has 0 bridgehead atoms. The minimum Gasteiger partial charge on any atom is -0.309 e. The lowest BCUT2D eigenvalue weighted by Crippen LogP contribution is -1.98. The lowest BCUT2D eigenvalue weighted by molar-refractivity contribution is 1.18. The van der Waals surface area contributed by atoms with Crippen molar-refractivity contribution in [1.29, 1.82) is 0 Å². The second-order valence-electron chi connectivity index (χ2n) is 13.9. The Morgan fingerprint density at radius 2 is 0.927 bits per heavy atom. The highest BCUT2D eigenvalue weighted by Crippen LogP contribution is 2.41. The molecule has 3 aromatic heterocycles. The monoisotopic (exact) mass is 701 g/mol. The molecule has 0 aliphatic carbocycles. The van der Waals surface area contributed by atoms with Crippen LogP contribution in [-0.4, -0.2) is 24.5 Å². The number of aromatic nitrogens is 5. The Kier molecular flexibility index (Phi) is 7.10. The van der Waals surface area contributed by atoms with Gasteiger partial charge in [0.2, 0.25) is 0 Å². The fraction of sp³-hybridized carbons (Fsp3) is 0. The summed E-state index contributed by atoms with van der Waals surface area (Å²) in [6.45, 7) is 0. The third-order valence-electron chi connectivity index (χ3n) is 10.7. The molecule has 11 rings (SSSR count).